The maximum Gasteiger partial charge on any atom is 0.191 e. The van der Waals surface area contributed by atoms with Crippen molar-refractivity contribution in [1.29, 1.82) is 0 Å². The van der Waals surface area contributed by atoms with Gasteiger partial charge in [0.05, 0.1) is 5.00 Å². The second kappa shape index (κ2) is 8.74. The Labute approximate surface area is 165 Å². The summed E-state index contributed by atoms with van der Waals surface area (Å²) in [6, 6.07) is 11.5. The van der Waals surface area contributed by atoms with Crippen molar-refractivity contribution in [2.24, 2.45) is 4.99 Å². The normalized spacial score (nSPS) is 16.4. The molecule has 1 aromatic carbocycles. The minimum Gasteiger partial charge on any atom is -0.363 e. The summed E-state index contributed by atoms with van der Waals surface area (Å²) in [5.41, 5.74) is 0.990. The standard InChI is InChI=1S/C21H29FN4S/c1-21(2,16-6-8-17(22)9-7-16)15-24-20(23-3)25-18-10-12-26(13-11-18)19-5-4-14-27-19/h4-9,14,18H,10-13,15H2,1-3H3,(H2,23,24,25). The first-order valence-corrected chi connectivity index (χ1v) is 10.4. The lowest BCUT2D eigenvalue weighted by molar-refractivity contribution is 0.454. The molecule has 0 saturated carbocycles. The zero-order valence-corrected chi connectivity index (χ0v) is 17.2. The van der Waals surface area contributed by atoms with Crippen LogP contribution >= 0.6 is 11.3 Å². The fraction of sp³-hybridized carbons (Fsp3) is 0.476. The summed E-state index contributed by atoms with van der Waals surface area (Å²) < 4.78 is 13.2. The zero-order chi connectivity index (χ0) is 19.3. The molecule has 1 aliphatic rings. The predicted molar refractivity (Wildman–Crippen MR) is 113 cm³/mol. The van der Waals surface area contributed by atoms with E-state index in [2.05, 4.69) is 51.9 Å². The summed E-state index contributed by atoms with van der Waals surface area (Å²) in [4.78, 5) is 6.84. The van der Waals surface area contributed by atoms with Crippen molar-refractivity contribution < 1.29 is 4.39 Å². The second-order valence-corrected chi connectivity index (χ2v) is 8.60. The van der Waals surface area contributed by atoms with E-state index >= 15 is 0 Å². The third kappa shape index (κ3) is 5.22. The van der Waals surface area contributed by atoms with Crippen molar-refractivity contribution in [2.45, 2.75) is 38.1 Å². The third-order valence-corrected chi connectivity index (χ3v) is 6.13. The lowest BCUT2D eigenvalue weighted by atomic mass is 9.84. The summed E-state index contributed by atoms with van der Waals surface area (Å²) in [7, 11) is 1.81. The fourth-order valence-electron chi connectivity index (χ4n) is 3.39. The summed E-state index contributed by atoms with van der Waals surface area (Å²) in [6.45, 7) is 7.17. The van der Waals surface area contributed by atoms with Gasteiger partial charge in [-0.15, -0.1) is 11.3 Å². The SMILES string of the molecule is CN=C(NCC(C)(C)c1ccc(F)cc1)NC1CCN(c2cccs2)CC1. The van der Waals surface area contributed by atoms with E-state index in [9.17, 15) is 4.39 Å². The lowest BCUT2D eigenvalue weighted by Gasteiger charge is -2.34. The zero-order valence-electron chi connectivity index (χ0n) is 16.3. The molecule has 0 aliphatic carbocycles. The van der Waals surface area contributed by atoms with Crippen LogP contribution in [0.5, 0.6) is 0 Å². The maximum absolute atomic E-state index is 13.2. The Kier molecular flexibility index (Phi) is 6.37. The van der Waals surface area contributed by atoms with Crippen LogP contribution in [0.25, 0.3) is 0 Å². The number of halogens is 1. The van der Waals surface area contributed by atoms with Crippen LogP contribution in [0.3, 0.4) is 0 Å². The second-order valence-electron chi connectivity index (χ2n) is 7.67. The van der Waals surface area contributed by atoms with Crippen LogP contribution in [0.4, 0.5) is 9.39 Å². The van der Waals surface area contributed by atoms with E-state index in [4.69, 9.17) is 0 Å². The van der Waals surface area contributed by atoms with Crippen LogP contribution < -0.4 is 15.5 Å². The number of nitrogens with zero attached hydrogens (tertiary/aromatic N) is 2. The van der Waals surface area contributed by atoms with Crippen LogP contribution in [0.2, 0.25) is 0 Å². The first-order chi connectivity index (χ1) is 13.0. The number of piperidine rings is 1. The number of anilines is 1. The van der Waals surface area contributed by atoms with Crippen LogP contribution in [0, 0.1) is 5.82 Å². The molecular formula is C21H29FN4S. The molecule has 6 heteroatoms. The van der Waals surface area contributed by atoms with Crippen molar-refractivity contribution >= 4 is 22.3 Å². The van der Waals surface area contributed by atoms with Gasteiger partial charge in [-0.05, 0) is 48.1 Å². The van der Waals surface area contributed by atoms with E-state index in [1.54, 1.807) is 18.4 Å². The molecular weight excluding hydrogens is 359 g/mol. The van der Waals surface area contributed by atoms with E-state index in [0.29, 0.717) is 6.04 Å². The Hall–Kier alpha value is -2.08. The van der Waals surface area contributed by atoms with E-state index in [1.165, 1.54) is 17.1 Å². The van der Waals surface area contributed by atoms with Crippen LogP contribution in [0.15, 0.2) is 46.8 Å². The molecule has 4 nitrogen and oxygen atoms in total. The Morgan fingerprint density at radius 3 is 2.52 bits per heavy atom. The molecule has 0 spiro atoms. The van der Waals surface area contributed by atoms with Gasteiger partial charge in [0, 0.05) is 38.1 Å². The number of nitrogens with one attached hydrogen (secondary N) is 2. The molecule has 1 aliphatic heterocycles. The Morgan fingerprint density at radius 1 is 1.22 bits per heavy atom. The highest BCUT2D eigenvalue weighted by molar-refractivity contribution is 7.14. The number of rotatable bonds is 5. The Balaban J connectivity index is 1.49. The van der Waals surface area contributed by atoms with Crippen molar-refractivity contribution in [3.63, 3.8) is 0 Å². The van der Waals surface area contributed by atoms with Gasteiger partial charge in [-0.1, -0.05) is 26.0 Å². The van der Waals surface area contributed by atoms with Gasteiger partial charge in [0.2, 0.25) is 0 Å². The topological polar surface area (TPSA) is 39.7 Å². The molecule has 1 saturated heterocycles. The molecule has 3 rings (SSSR count). The van der Waals surface area contributed by atoms with E-state index < -0.39 is 0 Å². The number of guanidine groups is 1. The third-order valence-electron chi connectivity index (χ3n) is 5.20. The predicted octanol–water partition coefficient (Wildman–Crippen LogP) is 4.00. The molecule has 0 radical (unpaired) electrons. The number of hydrogen-bond donors (Lipinski definition) is 2. The number of benzene rings is 1. The monoisotopic (exact) mass is 388 g/mol. The Morgan fingerprint density at radius 2 is 1.93 bits per heavy atom. The first-order valence-electron chi connectivity index (χ1n) is 9.49. The van der Waals surface area contributed by atoms with E-state index in [0.717, 1.165) is 44.0 Å². The highest BCUT2D eigenvalue weighted by Gasteiger charge is 2.23. The highest BCUT2D eigenvalue weighted by Crippen LogP contribution is 2.25. The van der Waals surface area contributed by atoms with Crippen molar-refractivity contribution in [1.82, 2.24) is 10.6 Å². The minimum atomic E-state index is -0.200. The van der Waals surface area contributed by atoms with Gasteiger partial charge in [0.1, 0.15) is 5.82 Å². The maximum atomic E-state index is 13.2. The number of thiophene rings is 1. The Bertz CT molecular complexity index is 732. The van der Waals surface area contributed by atoms with E-state index in [-0.39, 0.29) is 11.2 Å². The minimum absolute atomic E-state index is 0.117. The van der Waals surface area contributed by atoms with Gasteiger partial charge < -0.3 is 15.5 Å². The molecule has 1 aromatic heterocycles. The number of aliphatic imine (C=N–C) groups is 1. The van der Waals surface area contributed by atoms with Crippen LogP contribution in [-0.2, 0) is 5.41 Å². The molecule has 27 heavy (non-hydrogen) atoms. The van der Waals surface area contributed by atoms with Crippen LogP contribution in [-0.4, -0.2) is 38.7 Å². The highest BCUT2D eigenvalue weighted by atomic mass is 32.1. The summed E-state index contributed by atoms with van der Waals surface area (Å²) in [6.07, 6.45) is 2.19. The van der Waals surface area contributed by atoms with Crippen LogP contribution in [0.1, 0.15) is 32.3 Å². The van der Waals surface area contributed by atoms with Crippen molar-refractivity contribution in [3.05, 3.63) is 53.2 Å². The van der Waals surface area contributed by atoms with E-state index in [1.807, 2.05) is 12.1 Å². The van der Waals surface area contributed by atoms with Crippen molar-refractivity contribution in [3.8, 4) is 0 Å². The molecule has 0 unspecified atom stereocenters. The average molecular weight is 389 g/mol. The molecule has 1 fully saturated rings. The first kappa shape index (κ1) is 19.7. The average Bonchev–Trinajstić information content (AvgIpc) is 3.21. The van der Waals surface area contributed by atoms with Gasteiger partial charge >= 0.3 is 0 Å². The summed E-state index contributed by atoms with van der Waals surface area (Å²) in [5, 5.41) is 10.5. The fourth-order valence-corrected chi connectivity index (χ4v) is 4.18. The lowest BCUT2D eigenvalue weighted by Crippen LogP contribution is -2.50. The van der Waals surface area contributed by atoms with Gasteiger partial charge in [-0.25, -0.2) is 4.39 Å². The quantitative estimate of drug-likeness (QED) is 0.601. The molecule has 0 atom stereocenters. The summed E-state index contributed by atoms with van der Waals surface area (Å²) in [5.74, 6) is 0.633. The largest absolute Gasteiger partial charge is 0.363 e. The molecule has 0 amide bonds. The van der Waals surface area contributed by atoms with Gasteiger partial charge in [0.15, 0.2) is 5.96 Å². The van der Waals surface area contributed by atoms with Crippen molar-refractivity contribution in [2.75, 3.05) is 31.6 Å². The van der Waals surface area contributed by atoms with Gasteiger partial charge in [0.25, 0.3) is 0 Å². The number of hydrogen-bond acceptors (Lipinski definition) is 3. The van der Waals surface area contributed by atoms with Gasteiger partial charge in [-0.3, -0.25) is 4.99 Å². The molecule has 2 N–H and O–H groups in total. The van der Waals surface area contributed by atoms with Gasteiger partial charge in [-0.2, -0.15) is 0 Å². The molecule has 2 heterocycles. The molecule has 2 aromatic rings. The smallest absolute Gasteiger partial charge is 0.191 e. The molecule has 146 valence electrons. The summed E-state index contributed by atoms with van der Waals surface area (Å²) >= 11 is 1.80. The molecule has 0 bridgehead atoms.